The highest BCUT2D eigenvalue weighted by Gasteiger charge is 2.08. The first-order valence-electron chi connectivity index (χ1n) is 5.11. The molecule has 0 aliphatic rings. The number of halogens is 1. The van der Waals surface area contributed by atoms with Gasteiger partial charge < -0.3 is 14.9 Å². The summed E-state index contributed by atoms with van der Waals surface area (Å²) < 4.78 is 6.39. The molecule has 5 nitrogen and oxygen atoms in total. The summed E-state index contributed by atoms with van der Waals surface area (Å²) in [4.78, 5) is 13.6. The molecule has 0 saturated carbocycles. The Kier molecular flexibility index (Phi) is 3.57. The van der Waals surface area contributed by atoms with Crippen LogP contribution in [0.4, 0.5) is 5.82 Å². The van der Waals surface area contributed by atoms with E-state index in [2.05, 4.69) is 20.9 Å². The third-order valence-corrected chi connectivity index (χ3v) is 2.84. The molecular weight excluding hydrogens is 300 g/mol. The third-order valence-electron chi connectivity index (χ3n) is 2.22. The standard InChI is InChI=1S/C12H9BrN2O3/c1-8-2-4-11(10(13)6-8)18-9-3-5-12(14-7-9)15(16)17/h2-7H,1H3. The number of aryl methyl sites for hydroxylation is 1. The molecule has 92 valence electrons. The molecule has 2 rings (SSSR count). The van der Waals surface area contributed by atoms with Gasteiger partial charge in [-0.3, -0.25) is 0 Å². The molecule has 1 aromatic heterocycles. The second-order valence-electron chi connectivity index (χ2n) is 3.65. The number of pyridine rings is 1. The molecule has 0 radical (unpaired) electrons. The third kappa shape index (κ3) is 2.84. The lowest BCUT2D eigenvalue weighted by atomic mass is 10.2. The summed E-state index contributed by atoms with van der Waals surface area (Å²) in [5, 5.41) is 10.5. The van der Waals surface area contributed by atoms with Gasteiger partial charge in [-0.1, -0.05) is 6.07 Å². The molecule has 0 aliphatic heterocycles. The van der Waals surface area contributed by atoms with Crippen LogP contribution in [-0.4, -0.2) is 9.91 Å². The number of benzene rings is 1. The van der Waals surface area contributed by atoms with Crippen LogP contribution in [0.15, 0.2) is 41.0 Å². The Hall–Kier alpha value is -1.95. The predicted octanol–water partition coefficient (Wildman–Crippen LogP) is 3.85. The molecule has 1 heterocycles. The second-order valence-corrected chi connectivity index (χ2v) is 4.50. The predicted molar refractivity (Wildman–Crippen MR) is 69.8 cm³/mol. The lowest BCUT2D eigenvalue weighted by Crippen LogP contribution is -1.92. The van der Waals surface area contributed by atoms with E-state index in [1.165, 1.54) is 18.3 Å². The number of nitro groups is 1. The van der Waals surface area contributed by atoms with E-state index >= 15 is 0 Å². The van der Waals surface area contributed by atoms with Crippen molar-refractivity contribution in [3.63, 3.8) is 0 Å². The molecule has 0 aliphatic carbocycles. The molecule has 2 aromatic rings. The Labute approximate surface area is 112 Å². The fourth-order valence-electron chi connectivity index (χ4n) is 1.36. The highest BCUT2D eigenvalue weighted by molar-refractivity contribution is 9.10. The first-order valence-corrected chi connectivity index (χ1v) is 5.90. The van der Waals surface area contributed by atoms with Crippen LogP contribution in [-0.2, 0) is 0 Å². The number of nitrogens with zero attached hydrogens (tertiary/aromatic N) is 2. The van der Waals surface area contributed by atoms with Crippen LogP contribution < -0.4 is 4.74 Å². The van der Waals surface area contributed by atoms with Gasteiger partial charge in [-0.15, -0.1) is 0 Å². The van der Waals surface area contributed by atoms with E-state index < -0.39 is 4.92 Å². The van der Waals surface area contributed by atoms with E-state index in [4.69, 9.17) is 4.74 Å². The van der Waals surface area contributed by atoms with Gasteiger partial charge in [0.25, 0.3) is 0 Å². The fraction of sp³-hybridized carbons (Fsp3) is 0.0833. The molecular formula is C12H9BrN2O3. The molecule has 0 spiro atoms. The quantitative estimate of drug-likeness (QED) is 0.638. The van der Waals surface area contributed by atoms with Crippen LogP contribution in [0.2, 0.25) is 0 Å². The molecule has 0 fully saturated rings. The lowest BCUT2D eigenvalue weighted by molar-refractivity contribution is -0.389. The Morgan fingerprint density at radius 2 is 2.11 bits per heavy atom. The van der Waals surface area contributed by atoms with E-state index in [9.17, 15) is 10.1 Å². The molecule has 1 aromatic carbocycles. The van der Waals surface area contributed by atoms with Crippen molar-refractivity contribution in [3.05, 3.63) is 56.7 Å². The minimum atomic E-state index is -0.550. The second kappa shape index (κ2) is 5.14. The van der Waals surface area contributed by atoms with Gasteiger partial charge in [0, 0.05) is 6.07 Å². The maximum absolute atomic E-state index is 10.5. The lowest BCUT2D eigenvalue weighted by Gasteiger charge is -2.06. The Bertz CT molecular complexity index is 584. The van der Waals surface area contributed by atoms with E-state index in [-0.39, 0.29) is 5.82 Å². The van der Waals surface area contributed by atoms with Crippen molar-refractivity contribution in [2.75, 3.05) is 0 Å². The first kappa shape index (κ1) is 12.5. The molecule has 0 saturated heterocycles. The van der Waals surface area contributed by atoms with E-state index in [1.807, 2.05) is 25.1 Å². The average Bonchev–Trinajstić information content (AvgIpc) is 2.33. The van der Waals surface area contributed by atoms with Crippen LogP contribution in [0.25, 0.3) is 0 Å². The largest absolute Gasteiger partial charge is 0.452 e. The van der Waals surface area contributed by atoms with Gasteiger partial charge in [0.05, 0.1) is 4.47 Å². The molecule has 18 heavy (non-hydrogen) atoms. The maximum atomic E-state index is 10.5. The Morgan fingerprint density at radius 3 is 2.67 bits per heavy atom. The van der Waals surface area contributed by atoms with Crippen molar-refractivity contribution >= 4 is 21.7 Å². The molecule has 0 amide bonds. The van der Waals surface area contributed by atoms with Crippen LogP contribution >= 0.6 is 15.9 Å². The summed E-state index contributed by atoms with van der Waals surface area (Å²) in [7, 11) is 0. The highest BCUT2D eigenvalue weighted by atomic mass is 79.9. The van der Waals surface area contributed by atoms with E-state index in [1.54, 1.807) is 0 Å². The number of ether oxygens (including phenoxy) is 1. The van der Waals surface area contributed by atoms with Crippen LogP contribution in [0, 0.1) is 17.0 Å². The molecule has 0 bridgehead atoms. The zero-order valence-corrected chi connectivity index (χ0v) is 11.0. The van der Waals surface area contributed by atoms with Crippen molar-refractivity contribution in [3.8, 4) is 11.5 Å². The van der Waals surface area contributed by atoms with Crippen molar-refractivity contribution in [2.24, 2.45) is 0 Å². The smallest absolute Gasteiger partial charge is 0.363 e. The summed E-state index contributed by atoms with van der Waals surface area (Å²) in [6.07, 6.45) is 1.32. The minimum Gasteiger partial charge on any atom is -0.452 e. The summed E-state index contributed by atoms with van der Waals surface area (Å²) in [6, 6.07) is 8.47. The highest BCUT2D eigenvalue weighted by Crippen LogP contribution is 2.30. The molecule has 0 unspecified atom stereocenters. The topological polar surface area (TPSA) is 65.3 Å². The monoisotopic (exact) mass is 308 g/mol. The Morgan fingerprint density at radius 1 is 1.33 bits per heavy atom. The number of hydrogen-bond acceptors (Lipinski definition) is 4. The van der Waals surface area contributed by atoms with Crippen molar-refractivity contribution < 1.29 is 9.66 Å². The number of rotatable bonds is 3. The average molecular weight is 309 g/mol. The Balaban J connectivity index is 2.21. The van der Waals surface area contributed by atoms with Gasteiger partial charge in [-0.25, -0.2) is 0 Å². The summed E-state index contributed by atoms with van der Waals surface area (Å²) in [5.41, 5.74) is 1.11. The zero-order chi connectivity index (χ0) is 13.1. The van der Waals surface area contributed by atoms with Gasteiger partial charge >= 0.3 is 5.82 Å². The van der Waals surface area contributed by atoms with E-state index in [0.29, 0.717) is 11.5 Å². The minimum absolute atomic E-state index is 0.203. The summed E-state index contributed by atoms with van der Waals surface area (Å²) >= 11 is 3.39. The molecule has 0 N–H and O–H groups in total. The van der Waals surface area contributed by atoms with Gasteiger partial charge in [0.15, 0.2) is 11.9 Å². The summed E-state index contributed by atoms with van der Waals surface area (Å²) in [5.74, 6) is 0.881. The van der Waals surface area contributed by atoms with Crippen LogP contribution in [0.1, 0.15) is 5.56 Å². The normalized spacial score (nSPS) is 10.1. The van der Waals surface area contributed by atoms with Crippen molar-refractivity contribution in [1.82, 2.24) is 4.98 Å². The fourth-order valence-corrected chi connectivity index (χ4v) is 1.93. The SMILES string of the molecule is Cc1ccc(Oc2ccc([N+](=O)[O-])nc2)c(Br)c1. The van der Waals surface area contributed by atoms with E-state index in [0.717, 1.165) is 10.0 Å². The van der Waals surface area contributed by atoms with Crippen molar-refractivity contribution in [2.45, 2.75) is 6.92 Å². The number of hydrogen-bond donors (Lipinski definition) is 0. The first-order chi connectivity index (χ1) is 8.56. The van der Waals surface area contributed by atoms with Crippen molar-refractivity contribution in [1.29, 1.82) is 0 Å². The van der Waals surface area contributed by atoms with Crippen LogP contribution in [0.5, 0.6) is 11.5 Å². The maximum Gasteiger partial charge on any atom is 0.363 e. The zero-order valence-electron chi connectivity index (χ0n) is 9.46. The number of aromatic nitrogens is 1. The van der Waals surface area contributed by atoms with Gasteiger partial charge in [0.1, 0.15) is 5.75 Å². The van der Waals surface area contributed by atoms with Crippen LogP contribution in [0.3, 0.4) is 0 Å². The van der Waals surface area contributed by atoms with Gasteiger partial charge in [-0.2, -0.15) is 0 Å². The van der Waals surface area contributed by atoms with Gasteiger partial charge in [0.2, 0.25) is 0 Å². The van der Waals surface area contributed by atoms with Gasteiger partial charge in [-0.05, 0) is 56.5 Å². The summed E-state index contributed by atoms with van der Waals surface area (Å²) in [6.45, 7) is 1.97. The molecule has 0 atom stereocenters. The molecule has 6 heteroatoms.